The Morgan fingerprint density at radius 2 is 2.24 bits per heavy atom. The predicted molar refractivity (Wildman–Crippen MR) is 116 cm³/mol. The number of aromatic amines is 1. The molecule has 3 aromatic heterocycles. The molecule has 2 aliphatic rings. The molecular weight excluding hydrogens is 402 g/mol. The third kappa shape index (κ3) is 3.89. The molecule has 4 heterocycles. The van der Waals surface area contributed by atoms with Crippen LogP contribution in [0.15, 0.2) is 35.4 Å². The lowest BCUT2D eigenvalue weighted by Gasteiger charge is -2.34. The number of carbonyl (C=O) groups excluding carboxylic acids is 1. The van der Waals surface area contributed by atoms with Crippen LogP contribution in [0, 0.1) is 11.8 Å². The first-order valence-corrected chi connectivity index (χ1v) is 11.9. The molecule has 1 N–H and O–H groups in total. The lowest BCUT2D eigenvalue weighted by Crippen LogP contribution is -2.42. The lowest BCUT2D eigenvalue weighted by molar-refractivity contribution is 0.0622. The van der Waals surface area contributed by atoms with Crippen molar-refractivity contribution in [3.05, 3.63) is 46.8 Å². The Hall–Kier alpha value is -2.03. The minimum absolute atomic E-state index is 0.0942. The van der Waals surface area contributed by atoms with Gasteiger partial charge in [-0.3, -0.25) is 9.69 Å². The molecule has 0 spiro atoms. The molecule has 1 saturated carbocycles. The van der Waals surface area contributed by atoms with E-state index in [-0.39, 0.29) is 5.91 Å². The van der Waals surface area contributed by atoms with Crippen LogP contribution in [0.3, 0.4) is 0 Å². The normalized spacial score (nSPS) is 24.2. The molecule has 0 bridgehead atoms. The zero-order chi connectivity index (χ0) is 19.8. The van der Waals surface area contributed by atoms with E-state index in [1.54, 1.807) is 29.0 Å². The van der Waals surface area contributed by atoms with E-state index >= 15 is 0 Å². The summed E-state index contributed by atoms with van der Waals surface area (Å²) in [4.78, 5) is 30.6. The molecule has 1 aliphatic carbocycles. The number of thiophene rings is 1. The van der Waals surface area contributed by atoms with Crippen molar-refractivity contribution in [1.82, 2.24) is 24.8 Å². The number of hydrogen-bond acceptors (Lipinski definition) is 6. The number of imidazole rings is 1. The van der Waals surface area contributed by atoms with E-state index in [1.807, 2.05) is 27.9 Å². The van der Waals surface area contributed by atoms with Gasteiger partial charge >= 0.3 is 0 Å². The second-order valence-corrected chi connectivity index (χ2v) is 10.00. The molecule has 1 amide bonds. The van der Waals surface area contributed by atoms with E-state index in [0.717, 1.165) is 54.0 Å². The average Bonchev–Trinajstić information content (AvgIpc) is 3.53. The number of likely N-dealkylation sites (tertiary alicyclic amines) is 1. The highest BCUT2D eigenvalue weighted by Gasteiger charge is 2.40. The van der Waals surface area contributed by atoms with Gasteiger partial charge in [-0.1, -0.05) is 6.07 Å². The molecule has 0 radical (unpaired) electrons. The standard InChI is InChI=1S/C21H25N5OS2/c1-25(11-16-9-22-13-23-16)17-7-14-4-5-26(10-15(14)8-17)21(27)18-12-29-20(24-18)19-3-2-6-28-19/h2-3,6,9,12-15,17H,4-5,7-8,10-11H2,1H3,(H,22,23)/t14-,15-,17+/m1/s1. The zero-order valence-corrected chi connectivity index (χ0v) is 18.1. The number of carbonyl (C=O) groups is 1. The number of amides is 1. The molecule has 3 aromatic rings. The van der Waals surface area contributed by atoms with Crippen molar-refractivity contribution >= 4 is 28.6 Å². The monoisotopic (exact) mass is 427 g/mol. The number of fused-ring (bicyclic) bond motifs is 1. The fourth-order valence-electron chi connectivity index (χ4n) is 4.81. The Morgan fingerprint density at radius 1 is 1.34 bits per heavy atom. The van der Waals surface area contributed by atoms with Crippen molar-refractivity contribution in [2.45, 2.75) is 31.8 Å². The maximum Gasteiger partial charge on any atom is 0.273 e. The van der Waals surface area contributed by atoms with Gasteiger partial charge in [0, 0.05) is 42.9 Å². The van der Waals surface area contributed by atoms with Crippen LogP contribution in [-0.2, 0) is 6.54 Å². The smallest absolute Gasteiger partial charge is 0.273 e. The number of piperidine rings is 1. The topological polar surface area (TPSA) is 65.1 Å². The quantitative estimate of drug-likeness (QED) is 0.669. The highest BCUT2D eigenvalue weighted by atomic mass is 32.1. The van der Waals surface area contributed by atoms with Crippen molar-refractivity contribution in [2.75, 3.05) is 20.1 Å². The highest BCUT2D eigenvalue weighted by molar-refractivity contribution is 7.20. The summed E-state index contributed by atoms with van der Waals surface area (Å²) >= 11 is 3.23. The van der Waals surface area contributed by atoms with Crippen LogP contribution in [-0.4, -0.2) is 56.8 Å². The number of nitrogens with zero attached hydrogens (tertiary/aromatic N) is 4. The number of rotatable bonds is 5. The van der Waals surface area contributed by atoms with Crippen molar-refractivity contribution < 1.29 is 4.79 Å². The first kappa shape index (κ1) is 19.0. The Labute approximate surface area is 178 Å². The van der Waals surface area contributed by atoms with Crippen LogP contribution >= 0.6 is 22.7 Å². The van der Waals surface area contributed by atoms with Gasteiger partial charge in [-0.2, -0.15) is 0 Å². The molecule has 6 nitrogen and oxygen atoms in total. The summed E-state index contributed by atoms with van der Waals surface area (Å²) in [5, 5.41) is 4.90. The molecule has 3 atom stereocenters. The van der Waals surface area contributed by atoms with E-state index in [2.05, 4.69) is 33.0 Å². The minimum Gasteiger partial charge on any atom is -0.347 e. The van der Waals surface area contributed by atoms with Crippen LogP contribution < -0.4 is 0 Å². The third-order valence-corrected chi connectivity index (χ3v) is 8.26. The molecule has 5 rings (SSSR count). The largest absolute Gasteiger partial charge is 0.347 e. The van der Waals surface area contributed by atoms with E-state index < -0.39 is 0 Å². The van der Waals surface area contributed by atoms with Gasteiger partial charge in [-0.05, 0) is 49.6 Å². The number of thiazole rings is 1. The molecular formula is C21H25N5OS2. The number of H-pyrrole nitrogens is 1. The fraction of sp³-hybridized carbons (Fsp3) is 0.476. The molecule has 0 aromatic carbocycles. The molecule has 152 valence electrons. The Morgan fingerprint density at radius 3 is 3.03 bits per heavy atom. The van der Waals surface area contributed by atoms with Gasteiger partial charge in [0.05, 0.1) is 11.2 Å². The van der Waals surface area contributed by atoms with Gasteiger partial charge < -0.3 is 9.88 Å². The van der Waals surface area contributed by atoms with Crippen molar-refractivity contribution in [1.29, 1.82) is 0 Å². The van der Waals surface area contributed by atoms with Gasteiger partial charge in [0.25, 0.3) is 5.91 Å². The van der Waals surface area contributed by atoms with Gasteiger partial charge in [-0.15, -0.1) is 22.7 Å². The zero-order valence-electron chi connectivity index (χ0n) is 16.5. The molecule has 1 aliphatic heterocycles. The SMILES string of the molecule is CN(Cc1cnc[nH]1)[C@H]1C[C@H]2CCN(C(=O)c3csc(-c4cccs4)n3)C[C@H]2C1. The summed E-state index contributed by atoms with van der Waals surface area (Å²) in [6.07, 6.45) is 7.14. The molecule has 1 saturated heterocycles. The summed E-state index contributed by atoms with van der Waals surface area (Å²) in [6, 6.07) is 4.66. The van der Waals surface area contributed by atoms with Gasteiger partial charge in [-0.25, -0.2) is 9.97 Å². The Kier molecular flexibility index (Phi) is 5.24. The lowest BCUT2D eigenvalue weighted by atomic mass is 9.88. The first-order chi connectivity index (χ1) is 14.2. The number of nitrogens with one attached hydrogen (secondary N) is 1. The average molecular weight is 428 g/mol. The Balaban J connectivity index is 1.21. The van der Waals surface area contributed by atoms with E-state index in [1.165, 1.54) is 6.42 Å². The maximum absolute atomic E-state index is 13.1. The maximum atomic E-state index is 13.1. The van der Waals surface area contributed by atoms with Crippen LogP contribution in [0.2, 0.25) is 0 Å². The summed E-state index contributed by atoms with van der Waals surface area (Å²) in [6.45, 7) is 2.61. The Bertz CT molecular complexity index is 952. The van der Waals surface area contributed by atoms with Crippen LogP contribution in [0.1, 0.15) is 35.4 Å². The van der Waals surface area contributed by atoms with Crippen LogP contribution in [0.4, 0.5) is 0 Å². The van der Waals surface area contributed by atoms with E-state index in [0.29, 0.717) is 17.7 Å². The first-order valence-electron chi connectivity index (χ1n) is 10.1. The second kappa shape index (κ2) is 8.01. The van der Waals surface area contributed by atoms with E-state index in [4.69, 9.17) is 0 Å². The molecule has 8 heteroatoms. The second-order valence-electron chi connectivity index (χ2n) is 8.19. The summed E-state index contributed by atoms with van der Waals surface area (Å²) < 4.78 is 0. The minimum atomic E-state index is 0.0942. The van der Waals surface area contributed by atoms with E-state index in [9.17, 15) is 4.79 Å². The van der Waals surface area contributed by atoms with Gasteiger partial charge in [0.1, 0.15) is 10.7 Å². The third-order valence-electron chi connectivity index (χ3n) is 6.38. The van der Waals surface area contributed by atoms with Crippen LogP contribution in [0.25, 0.3) is 9.88 Å². The van der Waals surface area contributed by atoms with Gasteiger partial charge in [0.2, 0.25) is 0 Å². The molecule has 2 fully saturated rings. The highest BCUT2D eigenvalue weighted by Crippen LogP contribution is 2.40. The van der Waals surface area contributed by atoms with Crippen molar-refractivity contribution in [3.63, 3.8) is 0 Å². The van der Waals surface area contributed by atoms with Crippen molar-refractivity contribution in [3.8, 4) is 9.88 Å². The summed E-state index contributed by atoms with van der Waals surface area (Å²) in [5.74, 6) is 1.42. The summed E-state index contributed by atoms with van der Waals surface area (Å²) in [5.41, 5.74) is 1.76. The molecule has 0 unspecified atom stereocenters. The number of aromatic nitrogens is 3. The van der Waals surface area contributed by atoms with Crippen LogP contribution in [0.5, 0.6) is 0 Å². The van der Waals surface area contributed by atoms with Gasteiger partial charge in [0.15, 0.2) is 0 Å². The number of hydrogen-bond donors (Lipinski definition) is 1. The summed E-state index contributed by atoms with van der Waals surface area (Å²) in [7, 11) is 2.20. The predicted octanol–water partition coefficient (Wildman–Crippen LogP) is 3.97. The van der Waals surface area contributed by atoms with Crippen molar-refractivity contribution in [2.24, 2.45) is 11.8 Å². The fourth-order valence-corrected chi connectivity index (χ4v) is 6.42. The molecule has 29 heavy (non-hydrogen) atoms.